The van der Waals surface area contributed by atoms with Gasteiger partial charge >= 0.3 is 0 Å². The number of aliphatic imine (C=N–C) groups is 1. The fourth-order valence-corrected chi connectivity index (χ4v) is 3.70. The van der Waals surface area contributed by atoms with Crippen molar-refractivity contribution < 1.29 is 4.74 Å². The van der Waals surface area contributed by atoms with Gasteiger partial charge in [0.1, 0.15) is 12.1 Å². The van der Waals surface area contributed by atoms with Gasteiger partial charge in [-0.1, -0.05) is 18.2 Å². The lowest BCUT2D eigenvalue weighted by Crippen LogP contribution is -2.35. The molecule has 1 atom stereocenters. The molecule has 5 heteroatoms. The highest BCUT2D eigenvalue weighted by molar-refractivity contribution is 5.74. The van der Waals surface area contributed by atoms with E-state index in [-0.39, 0.29) is 5.54 Å². The molecule has 2 heterocycles. The molecule has 114 valence electrons. The van der Waals surface area contributed by atoms with E-state index in [9.17, 15) is 0 Å². The van der Waals surface area contributed by atoms with Crippen molar-refractivity contribution in [1.29, 1.82) is 0 Å². The zero-order valence-electron chi connectivity index (χ0n) is 12.9. The van der Waals surface area contributed by atoms with Crippen molar-refractivity contribution in [1.82, 2.24) is 10.2 Å². The Morgan fingerprint density at radius 3 is 2.82 bits per heavy atom. The number of amidine groups is 1. The summed E-state index contributed by atoms with van der Waals surface area (Å²) in [5, 5.41) is 7.36. The lowest BCUT2D eigenvalue weighted by molar-refractivity contribution is 0.235. The fraction of sp³-hybridized carbons (Fsp3) is 0.412. The zero-order chi connectivity index (χ0) is 15.3. The zero-order valence-corrected chi connectivity index (χ0v) is 12.9. The number of aryl methyl sites for hydroxylation is 3. The van der Waals surface area contributed by atoms with Gasteiger partial charge < -0.3 is 10.5 Å². The number of aromatic nitrogens is 2. The van der Waals surface area contributed by atoms with Gasteiger partial charge in [0.2, 0.25) is 0 Å². The summed E-state index contributed by atoms with van der Waals surface area (Å²) < 4.78 is 5.39. The van der Waals surface area contributed by atoms with Crippen molar-refractivity contribution in [3.63, 3.8) is 0 Å². The van der Waals surface area contributed by atoms with E-state index in [0.717, 1.165) is 30.7 Å². The highest BCUT2D eigenvalue weighted by Gasteiger charge is 2.39. The van der Waals surface area contributed by atoms with E-state index in [4.69, 9.17) is 10.5 Å². The number of hydrogen-bond donors (Lipinski definition) is 2. The van der Waals surface area contributed by atoms with Crippen LogP contribution in [-0.4, -0.2) is 28.4 Å². The summed E-state index contributed by atoms with van der Waals surface area (Å²) >= 11 is 0. The van der Waals surface area contributed by atoms with Gasteiger partial charge in [-0.2, -0.15) is 5.10 Å². The Morgan fingerprint density at radius 1 is 1.27 bits per heavy atom. The molecule has 0 fully saturated rings. The van der Waals surface area contributed by atoms with E-state index in [1.165, 1.54) is 22.3 Å². The van der Waals surface area contributed by atoms with Gasteiger partial charge in [0.25, 0.3) is 6.02 Å². The molecule has 1 aliphatic heterocycles. The number of hydrogen-bond acceptors (Lipinski definition) is 4. The first-order valence-electron chi connectivity index (χ1n) is 7.68. The minimum atomic E-state index is -0.139. The lowest BCUT2D eigenvalue weighted by atomic mass is 9.78. The normalized spacial score (nSPS) is 23.3. The Morgan fingerprint density at radius 2 is 2.14 bits per heavy atom. The molecular weight excluding hydrogens is 276 g/mol. The molecule has 1 aromatic carbocycles. The SMILES string of the molecule is Cc1n[nH]c(C)c1-c1ccc2c(c1)CC[C@]1(COC(N)=N1)C2. The number of nitrogens with zero attached hydrogens (tertiary/aromatic N) is 2. The van der Waals surface area contributed by atoms with Crippen LogP contribution >= 0.6 is 0 Å². The Balaban J connectivity index is 1.70. The number of benzene rings is 1. The highest BCUT2D eigenvalue weighted by atomic mass is 16.5. The van der Waals surface area contributed by atoms with Crippen LogP contribution in [0.4, 0.5) is 0 Å². The molecule has 0 unspecified atom stereocenters. The molecule has 0 saturated heterocycles. The first kappa shape index (κ1) is 13.4. The van der Waals surface area contributed by atoms with Gasteiger partial charge in [-0.15, -0.1) is 0 Å². The minimum Gasteiger partial charge on any atom is -0.463 e. The Kier molecular flexibility index (Phi) is 2.79. The maximum absolute atomic E-state index is 5.70. The smallest absolute Gasteiger partial charge is 0.282 e. The van der Waals surface area contributed by atoms with Gasteiger partial charge in [0.15, 0.2) is 0 Å². The minimum absolute atomic E-state index is 0.139. The second-order valence-corrected chi connectivity index (χ2v) is 6.43. The van der Waals surface area contributed by atoms with Gasteiger partial charge in [-0.25, -0.2) is 4.99 Å². The van der Waals surface area contributed by atoms with Crippen molar-refractivity contribution in [2.75, 3.05) is 6.61 Å². The maximum Gasteiger partial charge on any atom is 0.282 e. The number of ether oxygens (including phenoxy) is 1. The Bertz CT molecular complexity index is 757. The summed E-state index contributed by atoms with van der Waals surface area (Å²) in [6.07, 6.45) is 2.92. The molecule has 3 N–H and O–H groups in total. The quantitative estimate of drug-likeness (QED) is 0.847. The highest BCUT2D eigenvalue weighted by Crippen LogP contribution is 2.37. The number of rotatable bonds is 1. The van der Waals surface area contributed by atoms with Crippen LogP contribution in [0.25, 0.3) is 11.1 Å². The number of fused-ring (bicyclic) bond motifs is 1. The number of nitrogens with two attached hydrogens (primary N) is 1. The molecule has 4 rings (SSSR count). The molecule has 1 aliphatic carbocycles. The van der Waals surface area contributed by atoms with E-state index in [1.54, 1.807) is 0 Å². The summed E-state index contributed by atoms with van der Waals surface area (Å²) in [4.78, 5) is 4.54. The third kappa shape index (κ3) is 2.00. The molecule has 0 radical (unpaired) electrons. The second kappa shape index (κ2) is 4.60. The Labute approximate surface area is 129 Å². The predicted octanol–water partition coefficient (Wildman–Crippen LogP) is 2.27. The summed E-state index contributed by atoms with van der Waals surface area (Å²) in [5.74, 6) is 0. The molecule has 22 heavy (non-hydrogen) atoms. The topological polar surface area (TPSA) is 76.3 Å². The van der Waals surface area contributed by atoms with Crippen molar-refractivity contribution in [3.8, 4) is 11.1 Å². The van der Waals surface area contributed by atoms with Gasteiger partial charge in [0, 0.05) is 17.7 Å². The summed E-state index contributed by atoms with van der Waals surface area (Å²) in [5.41, 5.74) is 12.9. The van der Waals surface area contributed by atoms with E-state index < -0.39 is 0 Å². The number of nitrogens with one attached hydrogen (secondary N) is 1. The third-order valence-corrected chi connectivity index (χ3v) is 4.84. The average molecular weight is 296 g/mol. The van der Waals surface area contributed by atoms with Crippen molar-refractivity contribution in [3.05, 3.63) is 40.7 Å². The van der Waals surface area contributed by atoms with E-state index in [1.807, 2.05) is 6.92 Å². The van der Waals surface area contributed by atoms with Crippen LogP contribution in [0.5, 0.6) is 0 Å². The van der Waals surface area contributed by atoms with Crippen LogP contribution in [0.3, 0.4) is 0 Å². The summed E-state index contributed by atoms with van der Waals surface area (Å²) in [6, 6.07) is 7.05. The molecular formula is C17H20N4O. The molecule has 0 bridgehead atoms. The predicted molar refractivity (Wildman–Crippen MR) is 85.8 cm³/mol. The molecule has 2 aliphatic rings. The maximum atomic E-state index is 5.70. The van der Waals surface area contributed by atoms with E-state index in [2.05, 4.69) is 40.3 Å². The molecule has 1 aromatic heterocycles. The summed E-state index contributed by atoms with van der Waals surface area (Å²) in [7, 11) is 0. The molecule has 2 aromatic rings. The van der Waals surface area contributed by atoms with Crippen LogP contribution in [0.15, 0.2) is 23.2 Å². The van der Waals surface area contributed by atoms with Crippen LogP contribution in [-0.2, 0) is 17.6 Å². The van der Waals surface area contributed by atoms with E-state index in [0.29, 0.717) is 12.6 Å². The van der Waals surface area contributed by atoms with Crippen molar-refractivity contribution in [2.45, 2.75) is 38.6 Å². The monoisotopic (exact) mass is 296 g/mol. The average Bonchev–Trinajstić information content (AvgIpc) is 3.02. The first-order valence-corrected chi connectivity index (χ1v) is 7.68. The van der Waals surface area contributed by atoms with Crippen LogP contribution in [0.2, 0.25) is 0 Å². The van der Waals surface area contributed by atoms with Crippen LogP contribution in [0.1, 0.15) is 28.9 Å². The Hall–Kier alpha value is -2.30. The van der Waals surface area contributed by atoms with Crippen LogP contribution < -0.4 is 5.73 Å². The first-order chi connectivity index (χ1) is 10.6. The second-order valence-electron chi connectivity index (χ2n) is 6.43. The third-order valence-electron chi connectivity index (χ3n) is 4.84. The van der Waals surface area contributed by atoms with Gasteiger partial charge in [0.05, 0.1) is 5.69 Å². The largest absolute Gasteiger partial charge is 0.463 e. The number of H-pyrrole nitrogens is 1. The van der Waals surface area contributed by atoms with Gasteiger partial charge in [-0.3, -0.25) is 5.10 Å². The van der Waals surface area contributed by atoms with Crippen LogP contribution in [0, 0.1) is 13.8 Å². The van der Waals surface area contributed by atoms with Crippen molar-refractivity contribution >= 4 is 6.02 Å². The van der Waals surface area contributed by atoms with Gasteiger partial charge in [-0.05, 0) is 43.4 Å². The molecule has 1 spiro atoms. The molecule has 0 amide bonds. The molecule has 5 nitrogen and oxygen atoms in total. The standard InChI is InChI=1S/C17H20N4O/c1-10-15(11(2)21-20-10)13-3-4-14-8-17(6-5-12(14)7-13)9-22-16(18)19-17/h3-4,7H,5-6,8-9H2,1-2H3,(H2,18,19)(H,20,21)/t17-/m1/s1. The fourth-order valence-electron chi connectivity index (χ4n) is 3.70. The van der Waals surface area contributed by atoms with Crippen molar-refractivity contribution in [2.24, 2.45) is 10.7 Å². The lowest BCUT2D eigenvalue weighted by Gasteiger charge is -2.30. The molecule has 0 saturated carbocycles. The van der Waals surface area contributed by atoms with E-state index >= 15 is 0 Å². The number of aromatic amines is 1. The summed E-state index contributed by atoms with van der Waals surface area (Å²) in [6.45, 7) is 4.72.